The Labute approximate surface area is 137 Å². The second-order valence-corrected chi connectivity index (χ2v) is 8.86. The predicted molar refractivity (Wildman–Crippen MR) is 84.2 cm³/mol. The molecule has 0 aromatic carbocycles. The van der Waals surface area contributed by atoms with Gasteiger partial charge in [0.15, 0.2) is 15.0 Å². The molecule has 0 unspecified atom stereocenters. The third kappa shape index (κ3) is 2.98. The van der Waals surface area contributed by atoms with Crippen LogP contribution in [0.1, 0.15) is 17.4 Å². The molecule has 1 aromatic rings. The Bertz CT molecular complexity index is 745. The molecule has 1 N–H and O–H groups in total. The van der Waals surface area contributed by atoms with Gasteiger partial charge in [-0.15, -0.1) is 11.3 Å². The maximum absolute atomic E-state index is 12.5. The fourth-order valence-electron chi connectivity index (χ4n) is 3.16. The molecule has 3 atom stereocenters. The number of hydrogen-bond donors (Lipinski definition) is 1. The van der Waals surface area contributed by atoms with E-state index in [-0.39, 0.29) is 41.8 Å². The molecule has 3 rings (SSSR count). The zero-order chi connectivity index (χ0) is 16.8. The van der Waals surface area contributed by atoms with E-state index >= 15 is 0 Å². The van der Waals surface area contributed by atoms with Gasteiger partial charge >= 0.3 is 0 Å². The first-order chi connectivity index (χ1) is 10.8. The van der Waals surface area contributed by atoms with Gasteiger partial charge < -0.3 is 15.0 Å². The SMILES string of the molecule is CO[C@@H]1CS(=O)(=O)[C@H]2CN(C(=O)c3csc(NC(C)=O)n3)C[C@@H]12. The second-order valence-electron chi connectivity index (χ2n) is 5.74. The highest BCUT2D eigenvalue weighted by molar-refractivity contribution is 7.92. The highest BCUT2D eigenvalue weighted by Crippen LogP contribution is 2.36. The minimum absolute atomic E-state index is 0.0181. The molecular weight excluding hydrogens is 342 g/mol. The number of fused-ring (bicyclic) bond motifs is 1. The molecule has 0 spiro atoms. The van der Waals surface area contributed by atoms with Gasteiger partial charge in [0.05, 0.1) is 17.1 Å². The monoisotopic (exact) mass is 359 g/mol. The number of carbonyl (C=O) groups is 2. The van der Waals surface area contributed by atoms with Crippen molar-refractivity contribution in [1.82, 2.24) is 9.88 Å². The predicted octanol–water partition coefficient (Wildman–Crippen LogP) is -0.0145. The second kappa shape index (κ2) is 5.84. The summed E-state index contributed by atoms with van der Waals surface area (Å²) in [6.45, 7) is 1.87. The van der Waals surface area contributed by atoms with Gasteiger partial charge in [0.1, 0.15) is 5.69 Å². The molecule has 0 aliphatic carbocycles. The average molecular weight is 359 g/mol. The zero-order valence-corrected chi connectivity index (χ0v) is 14.3. The van der Waals surface area contributed by atoms with E-state index in [4.69, 9.17) is 4.74 Å². The van der Waals surface area contributed by atoms with Crippen LogP contribution in [0.5, 0.6) is 0 Å². The highest BCUT2D eigenvalue weighted by Gasteiger charge is 2.53. The third-order valence-electron chi connectivity index (χ3n) is 4.24. The number of likely N-dealkylation sites (tertiary alicyclic amines) is 1. The van der Waals surface area contributed by atoms with Crippen molar-refractivity contribution >= 4 is 38.1 Å². The van der Waals surface area contributed by atoms with E-state index in [9.17, 15) is 18.0 Å². The van der Waals surface area contributed by atoms with E-state index in [1.807, 2.05) is 0 Å². The molecule has 23 heavy (non-hydrogen) atoms. The fraction of sp³-hybridized carbons (Fsp3) is 0.615. The van der Waals surface area contributed by atoms with Gasteiger partial charge in [0, 0.05) is 38.4 Å². The lowest BCUT2D eigenvalue weighted by molar-refractivity contribution is -0.114. The van der Waals surface area contributed by atoms with Crippen LogP contribution in [0.15, 0.2) is 5.38 Å². The van der Waals surface area contributed by atoms with Gasteiger partial charge in [-0.2, -0.15) is 0 Å². The molecule has 10 heteroatoms. The van der Waals surface area contributed by atoms with Crippen LogP contribution in [0.2, 0.25) is 0 Å². The van der Waals surface area contributed by atoms with Gasteiger partial charge in [-0.3, -0.25) is 9.59 Å². The maximum atomic E-state index is 12.5. The smallest absolute Gasteiger partial charge is 0.273 e. The first-order valence-electron chi connectivity index (χ1n) is 7.08. The van der Waals surface area contributed by atoms with Crippen molar-refractivity contribution in [3.8, 4) is 0 Å². The Morgan fingerprint density at radius 3 is 2.83 bits per heavy atom. The van der Waals surface area contributed by atoms with E-state index in [1.165, 1.54) is 18.9 Å². The zero-order valence-electron chi connectivity index (χ0n) is 12.7. The Morgan fingerprint density at radius 2 is 2.17 bits per heavy atom. The molecule has 126 valence electrons. The first-order valence-corrected chi connectivity index (χ1v) is 9.68. The van der Waals surface area contributed by atoms with Crippen molar-refractivity contribution < 1.29 is 22.7 Å². The molecule has 0 saturated carbocycles. The summed E-state index contributed by atoms with van der Waals surface area (Å²) >= 11 is 1.16. The van der Waals surface area contributed by atoms with E-state index < -0.39 is 15.1 Å². The summed E-state index contributed by atoms with van der Waals surface area (Å²) in [4.78, 5) is 29.1. The molecule has 2 amide bonds. The molecule has 2 fully saturated rings. The van der Waals surface area contributed by atoms with Crippen molar-refractivity contribution in [3.05, 3.63) is 11.1 Å². The van der Waals surface area contributed by atoms with Crippen molar-refractivity contribution in [1.29, 1.82) is 0 Å². The summed E-state index contributed by atoms with van der Waals surface area (Å²) < 4.78 is 29.6. The molecule has 8 nitrogen and oxygen atoms in total. The number of amides is 2. The van der Waals surface area contributed by atoms with Gasteiger partial charge in [0.2, 0.25) is 5.91 Å². The van der Waals surface area contributed by atoms with Crippen molar-refractivity contribution in [2.75, 3.05) is 31.3 Å². The molecule has 0 radical (unpaired) electrons. The van der Waals surface area contributed by atoms with E-state index in [0.29, 0.717) is 11.7 Å². The Kier molecular flexibility index (Phi) is 4.15. The number of aromatic nitrogens is 1. The molecule has 2 aliphatic heterocycles. The standard InChI is InChI=1S/C13H17N3O5S2/c1-7(17)14-13-15-9(5-22-13)12(18)16-3-8-10(21-2)6-23(19,20)11(8)4-16/h5,8,10-11H,3-4,6H2,1-2H3,(H,14,15,17)/t8-,10+,11-/m0/s1. The van der Waals surface area contributed by atoms with Crippen molar-refractivity contribution in [2.24, 2.45) is 5.92 Å². The summed E-state index contributed by atoms with van der Waals surface area (Å²) in [5.74, 6) is -0.757. The van der Waals surface area contributed by atoms with Gasteiger partial charge in [0.25, 0.3) is 5.91 Å². The molecule has 1 aromatic heterocycles. The summed E-state index contributed by atoms with van der Waals surface area (Å²) in [5, 5.41) is 3.87. The lowest BCUT2D eigenvalue weighted by Gasteiger charge is -2.18. The van der Waals surface area contributed by atoms with Gasteiger partial charge in [-0.05, 0) is 0 Å². The third-order valence-corrected chi connectivity index (χ3v) is 7.21. The van der Waals surface area contributed by atoms with E-state index in [2.05, 4.69) is 10.3 Å². The number of rotatable bonds is 3. The fourth-order valence-corrected chi connectivity index (χ4v) is 6.18. The summed E-state index contributed by atoms with van der Waals surface area (Å²) in [6, 6.07) is 0. The molecule has 3 heterocycles. The van der Waals surface area contributed by atoms with Gasteiger partial charge in [-0.1, -0.05) is 0 Å². The summed E-state index contributed by atoms with van der Waals surface area (Å²) in [7, 11) is -1.74. The maximum Gasteiger partial charge on any atom is 0.273 e. The minimum atomic E-state index is -3.24. The topological polar surface area (TPSA) is 106 Å². The number of sulfone groups is 1. The van der Waals surface area contributed by atoms with Crippen LogP contribution in [0.3, 0.4) is 0 Å². The van der Waals surface area contributed by atoms with Crippen LogP contribution in [-0.2, 0) is 19.4 Å². The normalized spacial score (nSPS) is 28.6. The van der Waals surface area contributed by atoms with Crippen LogP contribution < -0.4 is 5.32 Å². The number of nitrogens with one attached hydrogen (secondary N) is 1. The summed E-state index contributed by atoms with van der Waals surface area (Å²) in [5.41, 5.74) is 0.213. The highest BCUT2D eigenvalue weighted by atomic mass is 32.2. The molecule has 2 saturated heterocycles. The van der Waals surface area contributed by atoms with Gasteiger partial charge in [-0.25, -0.2) is 13.4 Å². The Hall–Kier alpha value is -1.52. The number of anilines is 1. The van der Waals surface area contributed by atoms with Crippen molar-refractivity contribution in [2.45, 2.75) is 18.3 Å². The lowest BCUT2D eigenvalue weighted by atomic mass is 10.0. The van der Waals surface area contributed by atoms with Crippen LogP contribution >= 0.6 is 11.3 Å². The molecule has 2 aliphatic rings. The molecule has 0 bridgehead atoms. The Balaban J connectivity index is 1.75. The lowest BCUT2D eigenvalue weighted by Crippen LogP contribution is -2.33. The first kappa shape index (κ1) is 16.3. The van der Waals surface area contributed by atoms with Crippen LogP contribution in [0.4, 0.5) is 5.13 Å². The molecular formula is C13H17N3O5S2. The quantitative estimate of drug-likeness (QED) is 0.813. The number of methoxy groups -OCH3 is 1. The Morgan fingerprint density at radius 1 is 1.43 bits per heavy atom. The minimum Gasteiger partial charge on any atom is -0.380 e. The van der Waals surface area contributed by atoms with Crippen LogP contribution in [-0.4, -0.2) is 67.4 Å². The average Bonchev–Trinajstić information content (AvgIpc) is 3.14. The number of ether oxygens (including phenoxy) is 1. The van der Waals surface area contributed by atoms with Crippen molar-refractivity contribution in [3.63, 3.8) is 0 Å². The summed E-state index contributed by atoms with van der Waals surface area (Å²) in [6.07, 6.45) is -0.367. The number of thiazole rings is 1. The van der Waals surface area contributed by atoms with E-state index in [0.717, 1.165) is 11.3 Å². The number of carbonyl (C=O) groups excluding carboxylic acids is 2. The van der Waals surface area contributed by atoms with Crippen LogP contribution in [0.25, 0.3) is 0 Å². The number of hydrogen-bond acceptors (Lipinski definition) is 7. The largest absolute Gasteiger partial charge is 0.380 e. The number of nitrogens with zero attached hydrogens (tertiary/aromatic N) is 2. The van der Waals surface area contributed by atoms with Crippen LogP contribution in [0, 0.1) is 5.92 Å². The van der Waals surface area contributed by atoms with E-state index in [1.54, 1.807) is 5.38 Å².